The zero-order chi connectivity index (χ0) is 23.7. The van der Waals surface area contributed by atoms with E-state index in [-0.39, 0.29) is 52.3 Å². The van der Waals surface area contributed by atoms with E-state index in [2.05, 4.69) is 0 Å². The Hall–Kier alpha value is -4.19. The van der Waals surface area contributed by atoms with Crippen molar-refractivity contribution in [2.45, 2.75) is 23.7 Å². The van der Waals surface area contributed by atoms with Gasteiger partial charge in [-0.3, -0.25) is 0 Å². The molecule has 0 saturated carbocycles. The largest absolute Gasteiger partial charge is 0.508 e. The summed E-state index contributed by atoms with van der Waals surface area (Å²) in [5.74, 6) is -1.91. The first-order valence-electron chi connectivity index (χ1n) is 11.0. The number of fused-ring (bicyclic) bond motifs is 5. The van der Waals surface area contributed by atoms with Crippen molar-refractivity contribution >= 4 is 0 Å². The Kier molecular flexibility index (Phi) is 4.30. The molecule has 0 radical (unpaired) electrons. The molecule has 6 heteroatoms. The van der Waals surface area contributed by atoms with Crippen molar-refractivity contribution in [1.82, 2.24) is 0 Å². The molecule has 4 aromatic rings. The first-order valence-corrected chi connectivity index (χ1v) is 11.0. The molecule has 2 aliphatic carbocycles. The Morgan fingerprint density at radius 1 is 0.500 bits per heavy atom. The minimum Gasteiger partial charge on any atom is -0.508 e. The number of benzene rings is 4. The van der Waals surface area contributed by atoms with Crippen molar-refractivity contribution in [2.75, 3.05) is 0 Å². The summed E-state index contributed by atoms with van der Waals surface area (Å²) in [6.07, 6.45) is 0. The smallest absolute Gasteiger partial charge is 0.123 e. The number of hydrogen-bond donors (Lipinski definition) is 5. The van der Waals surface area contributed by atoms with Crippen molar-refractivity contribution in [3.8, 4) is 28.7 Å². The van der Waals surface area contributed by atoms with E-state index in [1.807, 2.05) is 0 Å². The lowest BCUT2D eigenvalue weighted by atomic mass is 9.79. The zero-order valence-corrected chi connectivity index (χ0v) is 17.9. The van der Waals surface area contributed by atoms with Crippen LogP contribution in [0.3, 0.4) is 0 Å². The molecule has 5 N–H and O–H groups in total. The van der Waals surface area contributed by atoms with E-state index in [1.54, 1.807) is 48.5 Å². The minimum atomic E-state index is -0.400. The van der Waals surface area contributed by atoms with E-state index in [0.29, 0.717) is 11.1 Å². The molecule has 4 atom stereocenters. The molecule has 5 nitrogen and oxygen atoms in total. The summed E-state index contributed by atoms with van der Waals surface area (Å²) >= 11 is 0. The summed E-state index contributed by atoms with van der Waals surface area (Å²) in [6.45, 7) is 0. The van der Waals surface area contributed by atoms with Gasteiger partial charge < -0.3 is 25.5 Å². The van der Waals surface area contributed by atoms with Gasteiger partial charge in [0.1, 0.15) is 34.6 Å². The highest BCUT2D eigenvalue weighted by atomic mass is 19.1. The second-order valence-electron chi connectivity index (χ2n) is 9.09. The minimum absolute atomic E-state index is 0.0498. The van der Waals surface area contributed by atoms with Gasteiger partial charge in [0, 0.05) is 46.9 Å². The number of aromatic hydroxyl groups is 5. The van der Waals surface area contributed by atoms with Gasteiger partial charge in [0.05, 0.1) is 0 Å². The normalized spacial score (nSPS) is 22.3. The molecule has 6 rings (SSSR count). The standard InChI is InChI=1S/C28H21FO5/c29-15-5-1-13(2-6-15)23-25-19(9-17(31)11-21(25)33)28-24(14-3-7-16(30)8-4-14)26-20(27(23)28)10-18(32)12-22(26)34/h1-12,23-24,27-28,30-34H/t23-,24-,27+,28+/m1/s1. The van der Waals surface area contributed by atoms with E-state index in [9.17, 15) is 29.9 Å². The van der Waals surface area contributed by atoms with Crippen molar-refractivity contribution in [3.63, 3.8) is 0 Å². The average molecular weight is 456 g/mol. The summed E-state index contributed by atoms with van der Waals surface area (Å²) in [5, 5.41) is 52.5. The van der Waals surface area contributed by atoms with Crippen molar-refractivity contribution in [3.05, 3.63) is 112 Å². The molecule has 0 spiro atoms. The van der Waals surface area contributed by atoms with Crippen LogP contribution in [0.15, 0.2) is 72.8 Å². The van der Waals surface area contributed by atoms with Crippen LogP contribution in [-0.2, 0) is 0 Å². The van der Waals surface area contributed by atoms with Crippen LogP contribution in [0.1, 0.15) is 57.1 Å². The topological polar surface area (TPSA) is 101 Å². The molecule has 2 aliphatic rings. The molecular formula is C28H21FO5. The van der Waals surface area contributed by atoms with Gasteiger partial charge in [0.15, 0.2) is 0 Å². The van der Waals surface area contributed by atoms with Crippen LogP contribution in [-0.4, -0.2) is 25.5 Å². The number of rotatable bonds is 2. The molecular weight excluding hydrogens is 435 g/mol. The Balaban J connectivity index is 1.67. The maximum atomic E-state index is 13.8. The van der Waals surface area contributed by atoms with Crippen molar-refractivity contribution in [1.29, 1.82) is 0 Å². The fraction of sp³-hybridized carbons (Fsp3) is 0.143. The van der Waals surface area contributed by atoms with Gasteiger partial charge in [0.25, 0.3) is 0 Å². The third kappa shape index (κ3) is 2.85. The van der Waals surface area contributed by atoms with Crippen LogP contribution in [0.5, 0.6) is 28.7 Å². The van der Waals surface area contributed by atoms with Crippen molar-refractivity contribution < 1.29 is 29.9 Å². The first kappa shape index (κ1) is 20.4. The van der Waals surface area contributed by atoms with E-state index in [0.717, 1.165) is 22.3 Å². The van der Waals surface area contributed by atoms with E-state index in [4.69, 9.17) is 0 Å². The molecule has 0 bridgehead atoms. The SMILES string of the molecule is Oc1ccc([C@@H]2c3c(O)cc(O)cc3[C@H]3[C@H](c4ccc(F)cc4)c4c(O)cc(O)cc4[C@@H]23)cc1. The first-order chi connectivity index (χ1) is 16.3. The predicted molar refractivity (Wildman–Crippen MR) is 123 cm³/mol. The second-order valence-corrected chi connectivity index (χ2v) is 9.09. The predicted octanol–water partition coefficient (Wildman–Crippen LogP) is 5.51. The van der Waals surface area contributed by atoms with Gasteiger partial charge in [-0.15, -0.1) is 0 Å². The summed E-state index contributed by atoms with van der Waals surface area (Å²) in [7, 11) is 0. The van der Waals surface area contributed by atoms with Crippen molar-refractivity contribution in [2.24, 2.45) is 0 Å². The Labute approximate surface area is 194 Å². The number of halogens is 1. The molecule has 0 aromatic heterocycles. The second kappa shape index (κ2) is 7.15. The maximum Gasteiger partial charge on any atom is 0.123 e. The lowest BCUT2D eigenvalue weighted by molar-refractivity contribution is 0.443. The van der Waals surface area contributed by atoms with Crippen LogP contribution in [0.2, 0.25) is 0 Å². The Bertz CT molecular complexity index is 1320. The monoisotopic (exact) mass is 456 g/mol. The number of hydrogen-bond acceptors (Lipinski definition) is 5. The highest BCUT2D eigenvalue weighted by Gasteiger charge is 2.54. The fourth-order valence-corrected chi connectivity index (χ4v) is 6.14. The molecule has 0 amide bonds. The van der Waals surface area contributed by atoms with Gasteiger partial charge in [-0.1, -0.05) is 24.3 Å². The van der Waals surface area contributed by atoms with Crippen LogP contribution in [0, 0.1) is 5.82 Å². The van der Waals surface area contributed by atoms with Crippen LogP contribution in [0.4, 0.5) is 4.39 Å². The molecule has 0 heterocycles. The third-order valence-electron chi connectivity index (χ3n) is 7.28. The number of phenolic OH excluding ortho intramolecular Hbond substituents is 5. The molecule has 4 aromatic carbocycles. The highest BCUT2D eigenvalue weighted by Crippen LogP contribution is 2.69. The van der Waals surface area contributed by atoms with Crippen LogP contribution >= 0.6 is 0 Å². The van der Waals surface area contributed by atoms with Gasteiger partial charge >= 0.3 is 0 Å². The fourth-order valence-electron chi connectivity index (χ4n) is 6.14. The number of phenols is 5. The third-order valence-corrected chi connectivity index (χ3v) is 7.28. The molecule has 34 heavy (non-hydrogen) atoms. The maximum absolute atomic E-state index is 13.8. The quantitative estimate of drug-likeness (QED) is 0.274. The van der Waals surface area contributed by atoms with E-state index < -0.39 is 5.92 Å². The summed E-state index contributed by atoms with van der Waals surface area (Å²) < 4.78 is 13.8. The zero-order valence-electron chi connectivity index (χ0n) is 17.9. The van der Waals surface area contributed by atoms with Gasteiger partial charge in [0.2, 0.25) is 0 Å². The summed E-state index contributed by atoms with van der Waals surface area (Å²) in [6, 6.07) is 18.7. The highest BCUT2D eigenvalue weighted by molar-refractivity contribution is 5.68. The van der Waals surface area contributed by atoms with Crippen LogP contribution < -0.4 is 0 Å². The van der Waals surface area contributed by atoms with Gasteiger partial charge in [-0.05, 0) is 58.7 Å². The molecule has 0 saturated heterocycles. The summed E-state index contributed by atoms with van der Waals surface area (Å²) in [5.41, 5.74) is 4.35. The Morgan fingerprint density at radius 2 is 0.912 bits per heavy atom. The molecule has 0 fully saturated rings. The van der Waals surface area contributed by atoms with E-state index in [1.165, 1.54) is 24.3 Å². The van der Waals surface area contributed by atoms with Gasteiger partial charge in [-0.2, -0.15) is 0 Å². The van der Waals surface area contributed by atoms with Gasteiger partial charge in [-0.25, -0.2) is 4.39 Å². The Morgan fingerprint density at radius 3 is 1.35 bits per heavy atom. The lowest BCUT2D eigenvalue weighted by Crippen LogP contribution is -2.10. The summed E-state index contributed by atoms with van der Waals surface area (Å²) in [4.78, 5) is 0. The molecule has 0 aliphatic heterocycles. The average Bonchev–Trinajstić information content (AvgIpc) is 3.29. The van der Waals surface area contributed by atoms with E-state index >= 15 is 0 Å². The molecule has 0 unspecified atom stereocenters. The van der Waals surface area contributed by atoms with Crippen LogP contribution in [0.25, 0.3) is 0 Å². The molecule has 170 valence electrons. The lowest BCUT2D eigenvalue weighted by Gasteiger charge is -2.23.